The fourth-order valence-corrected chi connectivity index (χ4v) is 5.40. The maximum absolute atomic E-state index is 12.9. The molecule has 0 unspecified atom stereocenters. The monoisotopic (exact) mass is 418 g/mol. The van der Waals surface area contributed by atoms with E-state index in [0.29, 0.717) is 29.2 Å². The van der Waals surface area contributed by atoms with Crippen LogP contribution in [0, 0.1) is 6.92 Å². The number of carbonyl (C=O) groups is 2. The number of esters is 1. The first-order valence-electron chi connectivity index (χ1n) is 9.97. The molecule has 0 aliphatic carbocycles. The topological polar surface area (TPSA) is 85.2 Å². The molecule has 2 aromatic rings. The molecule has 0 spiro atoms. The van der Waals surface area contributed by atoms with E-state index in [-0.39, 0.29) is 23.6 Å². The summed E-state index contributed by atoms with van der Waals surface area (Å²) in [4.78, 5) is 26.8. The van der Waals surface area contributed by atoms with E-state index in [0.717, 1.165) is 16.1 Å². The predicted molar refractivity (Wildman–Crippen MR) is 115 cm³/mol. The normalized spacial score (nSPS) is 16.9. The quantitative estimate of drug-likeness (QED) is 0.720. The summed E-state index contributed by atoms with van der Waals surface area (Å²) in [6.07, 6.45) is 0.676. The van der Waals surface area contributed by atoms with Crippen LogP contribution < -0.4 is 10.6 Å². The van der Waals surface area contributed by atoms with E-state index in [1.54, 1.807) is 17.7 Å². The van der Waals surface area contributed by atoms with Gasteiger partial charge in [0.15, 0.2) is 5.69 Å². The molecule has 0 saturated heterocycles. The van der Waals surface area contributed by atoms with Crippen molar-refractivity contribution in [2.45, 2.75) is 72.5 Å². The Bertz CT molecular complexity index is 956. The zero-order valence-electron chi connectivity index (χ0n) is 18.2. The second-order valence-corrected chi connectivity index (χ2v) is 9.61. The maximum Gasteiger partial charge on any atom is 0.341 e. The minimum Gasteiger partial charge on any atom is -0.462 e. The summed E-state index contributed by atoms with van der Waals surface area (Å²) in [5, 5.41) is 11.4. The third kappa shape index (κ3) is 4.09. The molecule has 2 N–H and O–H groups in total. The van der Waals surface area contributed by atoms with Crippen LogP contribution in [0.3, 0.4) is 0 Å². The zero-order valence-corrected chi connectivity index (χ0v) is 19.0. The summed E-state index contributed by atoms with van der Waals surface area (Å²) in [6.45, 7) is 15.1. The Morgan fingerprint density at radius 2 is 2.00 bits per heavy atom. The number of nitrogens with zero attached hydrogens (tertiary/aromatic N) is 2. The van der Waals surface area contributed by atoms with Crippen molar-refractivity contribution in [3.63, 3.8) is 0 Å². The Morgan fingerprint density at radius 1 is 1.31 bits per heavy atom. The van der Waals surface area contributed by atoms with Gasteiger partial charge in [0.05, 0.1) is 12.2 Å². The van der Waals surface area contributed by atoms with E-state index >= 15 is 0 Å². The first-order valence-corrected chi connectivity index (χ1v) is 10.8. The molecule has 1 aliphatic rings. The van der Waals surface area contributed by atoms with Gasteiger partial charge in [0.2, 0.25) is 0 Å². The molecule has 7 nitrogen and oxygen atoms in total. The number of carbonyl (C=O) groups excluding carboxylic acids is 2. The molecule has 1 aliphatic heterocycles. The molecule has 1 amide bonds. The van der Waals surface area contributed by atoms with Gasteiger partial charge >= 0.3 is 5.97 Å². The van der Waals surface area contributed by atoms with Crippen molar-refractivity contribution < 1.29 is 14.3 Å². The van der Waals surface area contributed by atoms with Crippen LogP contribution in [0.15, 0.2) is 6.07 Å². The molecule has 29 heavy (non-hydrogen) atoms. The van der Waals surface area contributed by atoms with Crippen molar-refractivity contribution in [2.24, 2.45) is 0 Å². The van der Waals surface area contributed by atoms with Gasteiger partial charge in [-0.15, -0.1) is 11.3 Å². The van der Waals surface area contributed by atoms with Crippen LogP contribution in [-0.2, 0) is 23.2 Å². The molecule has 0 aromatic carbocycles. The molecule has 0 fully saturated rings. The lowest BCUT2D eigenvalue weighted by Crippen LogP contribution is -2.55. The van der Waals surface area contributed by atoms with Crippen LogP contribution in [-0.4, -0.2) is 33.8 Å². The van der Waals surface area contributed by atoms with Crippen LogP contribution in [0.1, 0.15) is 78.5 Å². The molecule has 0 bridgehead atoms. The van der Waals surface area contributed by atoms with Gasteiger partial charge in [-0.1, -0.05) is 0 Å². The van der Waals surface area contributed by atoms with E-state index in [9.17, 15) is 9.59 Å². The fraction of sp³-hybridized carbons (Fsp3) is 0.571. The molecule has 2 aromatic heterocycles. The average Bonchev–Trinajstić information content (AvgIpc) is 3.14. The lowest BCUT2D eigenvalue weighted by Gasteiger charge is -2.42. The van der Waals surface area contributed by atoms with E-state index in [1.807, 2.05) is 13.8 Å². The Morgan fingerprint density at radius 3 is 2.59 bits per heavy atom. The zero-order chi connectivity index (χ0) is 21.6. The van der Waals surface area contributed by atoms with Gasteiger partial charge in [-0.25, -0.2) is 4.79 Å². The van der Waals surface area contributed by atoms with E-state index in [2.05, 4.69) is 43.4 Å². The fourth-order valence-electron chi connectivity index (χ4n) is 4.14. The number of nitrogens with one attached hydrogen (secondary N) is 2. The van der Waals surface area contributed by atoms with Gasteiger partial charge in [0.1, 0.15) is 5.00 Å². The molecule has 3 rings (SSSR count). The van der Waals surface area contributed by atoms with Gasteiger partial charge in [-0.2, -0.15) is 5.10 Å². The number of anilines is 1. The summed E-state index contributed by atoms with van der Waals surface area (Å²) in [6, 6.07) is 1.75. The molecule has 158 valence electrons. The van der Waals surface area contributed by atoms with Gasteiger partial charge < -0.3 is 15.4 Å². The van der Waals surface area contributed by atoms with Crippen molar-refractivity contribution in [3.8, 4) is 0 Å². The van der Waals surface area contributed by atoms with Crippen molar-refractivity contribution in [1.29, 1.82) is 0 Å². The molecular formula is C21H30N4O3S. The van der Waals surface area contributed by atoms with Gasteiger partial charge in [-0.05, 0) is 66.5 Å². The Labute approximate surface area is 175 Å². The lowest BCUT2D eigenvalue weighted by molar-refractivity contribution is 0.0526. The summed E-state index contributed by atoms with van der Waals surface area (Å²) < 4.78 is 7.11. The highest BCUT2D eigenvalue weighted by atomic mass is 32.1. The molecule has 0 saturated carbocycles. The molecule has 0 radical (unpaired) electrons. The van der Waals surface area contributed by atoms with Crippen molar-refractivity contribution >= 4 is 28.2 Å². The smallest absolute Gasteiger partial charge is 0.341 e. The highest BCUT2D eigenvalue weighted by molar-refractivity contribution is 7.17. The van der Waals surface area contributed by atoms with Crippen LogP contribution in [0.2, 0.25) is 0 Å². The predicted octanol–water partition coefficient (Wildman–Crippen LogP) is 3.86. The van der Waals surface area contributed by atoms with Gasteiger partial charge in [0, 0.05) is 28.2 Å². The summed E-state index contributed by atoms with van der Waals surface area (Å²) in [5.41, 5.74) is 2.16. The highest BCUT2D eigenvalue weighted by Crippen LogP contribution is 2.45. The number of aromatic nitrogens is 2. The first kappa shape index (κ1) is 21.5. The molecular weight excluding hydrogens is 388 g/mol. The van der Waals surface area contributed by atoms with Gasteiger partial charge in [0.25, 0.3) is 5.91 Å². The third-order valence-corrected chi connectivity index (χ3v) is 6.54. The minimum absolute atomic E-state index is 0.183. The van der Waals surface area contributed by atoms with Gasteiger partial charge in [-0.3, -0.25) is 9.48 Å². The molecule has 3 heterocycles. The van der Waals surface area contributed by atoms with Crippen LogP contribution >= 0.6 is 11.3 Å². The summed E-state index contributed by atoms with van der Waals surface area (Å²) in [7, 11) is 0. The molecule has 0 atom stereocenters. The first-order chi connectivity index (χ1) is 13.5. The standard InChI is InChI=1S/C21H30N4O3S/c1-8-25-12(3)10-14(23-25)17(26)22-18-15(19(27)28-9-2)13-11-20(4,5)24-21(6,7)16(13)29-18/h10,24H,8-9,11H2,1-7H3,(H,22,26). The Kier molecular flexibility index (Phi) is 5.62. The largest absolute Gasteiger partial charge is 0.462 e. The second-order valence-electron chi connectivity index (χ2n) is 8.59. The van der Waals surface area contributed by atoms with E-state index in [4.69, 9.17) is 4.74 Å². The molecule has 8 heteroatoms. The van der Waals surface area contributed by atoms with Crippen LogP contribution in [0.5, 0.6) is 0 Å². The third-order valence-electron chi connectivity index (χ3n) is 5.06. The number of hydrogen-bond donors (Lipinski definition) is 2. The van der Waals surface area contributed by atoms with Crippen LogP contribution in [0.4, 0.5) is 5.00 Å². The Balaban J connectivity index is 2.05. The van der Waals surface area contributed by atoms with Crippen molar-refractivity contribution in [2.75, 3.05) is 11.9 Å². The minimum atomic E-state index is -0.399. The Hall–Kier alpha value is -2.19. The van der Waals surface area contributed by atoms with Crippen molar-refractivity contribution in [3.05, 3.63) is 33.5 Å². The number of thiophene rings is 1. The van der Waals surface area contributed by atoms with E-state index < -0.39 is 5.97 Å². The summed E-state index contributed by atoms with van der Waals surface area (Å²) in [5.74, 6) is -0.724. The second kappa shape index (κ2) is 7.57. The average molecular weight is 419 g/mol. The number of rotatable bonds is 5. The maximum atomic E-state index is 12.9. The summed E-state index contributed by atoms with van der Waals surface area (Å²) >= 11 is 1.43. The number of amides is 1. The number of fused-ring (bicyclic) bond motifs is 1. The highest BCUT2D eigenvalue weighted by Gasteiger charge is 2.42. The lowest BCUT2D eigenvalue weighted by atomic mass is 9.81. The van der Waals surface area contributed by atoms with E-state index in [1.165, 1.54) is 11.3 Å². The van der Waals surface area contributed by atoms with Crippen molar-refractivity contribution in [1.82, 2.24) is 15.1 Å². The number of ether oxygens (including phenoxy) is 1. The number of aryl methyl sites for hydroxylation is 2. The van der Waals surface area contributed by atoms with Crippen LogP contribution in [0.25, 0.3) is 0 Å². The SMILES string of the molecule is CCOC(=O)c1c(NC(=O)c2cc(C)n(CC)n2)sc2c1CC(C)(C)NC2(C)C. The number of hydrogen-bond acceptors (Lipinski definition) is 6.